The molecule has 2 aromatic heterocycles. The summed E-state index contributed by atoms with van der Waals surface area (Å²) in [7, 11) is 0. The number of nitrogens with zero attached hydrogens (tertiary/aromatic N) is 3. The van der Waals surface area contributed by atoms with Crippen LogP contribution in [0.1, 0.15) is 79.0 Å². The summed E-state index contributed by atoms with van der Waals surface area (Å²) in [5, 5.41) is 16.0. The highest BCUT2D eigenvalue weighted by Gasteiger charge is 2.27. The second kappa shape index (κ2) is 12.7. The Balaban J connectivity index is 1.49. The van der Waals surface area contributed by atoms with E-state index in [1.54, 1.807) is 6.07 Å². The van der Waals surface area contributed by atoms with E-state index in [4.69, 9.17) is 9.97 Å². The van der Waals surface area contributed by atoms with E-state index in [1.807, 2.05) is 24.4 Å². The van der Waals surface area contributed by atoms with Crippen molar-refractivity contribution < 1.29 is 5.11 Å². The summed E-state index contributed by atoms with van der Waals surface area (Å²) in [5.74, 6) is 0.906. The van der Waals surface area contributed by atoms with Crippen molar-refractivity contribution in [1.82, 2.24) is 14.5 Å². The fraction of sp³-hybridized carbons (Fsp3) is 0.240. The van der Waals surface area contributed by atoms with Gasteiger partial charge in [-0.3, -0.25) is 9.55 Å². The highest BCUT2D eigenvalue weighted by atomic mass is 16.3. The van der Waals surface area contributed by atoms with Crippen molar-refractivity contribution in [1.29, 1.82) is 0 Å². The van der Waals surface area contributed by atoms with Crippen LogP contribution in [-0.2, 0) is 16.2 Å². The van der Waals surface area contributed by atoms with Crippen molar-refractivity contribution in [3.05, 3.63) is 144 Å². The molecule has 6 aromatic carbocycles. The Kier molecular flexibility index (Phi) is 8.30. The largest absolute Gasteiger partial charge is 0.507 e. The molecule has 0 unspecified atom stereocenters. The molecule has 8 rings (SSSR count). The monoisotopic (exact) mass is 707 g/mol. The van der Waals surface area contributed by atoms with Crippen molar-refractivity contribution in [2.24, 2.45) is 0 Å². The van der Waals surface area contributed by atoms with Gasteiger partial charge in [-0.05, 0) is 109 Å². The Morgan fingerprint density at radius 2 is 1.11 bits per heavy atom. The number of hydrogen-bond acceptors (Lipinski definition) is 3. The molecule has 0 aliphatic carbocycles. The van der Waals surface area contributed by atoms with Crippen molar-refractivity contribution in [2.75, 3.05) is 0 Å². The standard InChI is InChI=1S/C50H49N3O/c1-48(2,3)35-25-36(49(4,5)6)27-38(26-35)53-44-29-37(50(7,8)9)28-41(46(44)52-47(53)40-20-14-15-21-45(40)54)34-22-32-17-12-13-19-39(32)42(23-34)43-24-31-16-10-11-18-33(31)30-51-43/h10-30,54H,1-9H3. The van der Waals surface area contributed by atoms with Crippen LogP contribution in [0.15, 0.2) is 128 Å². The predicted molar refractivity (Wildman–Crippen MR) is 228 cm³/mol. The van der Waals surface area contributed by atoms with Gasteiger partial charge in [0.25, 0.3) is 0 Å². The summed E-state index contributed by atoms with van der Waals surface area (Å²) in [6, 6.07) is 42.9. The molecule has 8 aromatic rings. The fourth-order valence-corrected chi connectivity index (χ4v) is 7.45. The summed E-state index contributed by atoms with van der Waals surface area (Å²) < 4.78 is 2.28. The third-order valence-electron chi connectivity index (χ3n) is 10.8. The summed E-state index contributed by atoms with van der Waals surface area (Å²) >= 11 is 0. The number of pyridine rings is 1. The van der Waals surface area contributed by atoms with E-state index in [-0.39, 0.29) is 22.0 Å². The Bertz CT molecular complexity index is 2700. The number of phenolic OH excluding ortho intramolecular Hbond substituents is 1. The lowest BCUT2D eigenvalue weighted by molar-refractivity contribution is 0.477. The van der Waals surface area contributed by atoms with Crippen LogP contribution < -0.4 is 0 Å². The molecule has 0 saturated carbocycles. The average molecular weight is 708 g/mol. The van der Waals surface area contributed by atoms with E-state index in [1.165, 1.54) is 16.7 Å². The van der Waals surface area contributed by atoms with E-state index in [0.29, 0.717) is 11.4 Å². The van der Waals surface area contributed by atoms with Crippen LogP contribution in [0.2, 0.25) is 0 Å². The maximum absolute atomic E-state index is 11.4. The van der Waals surface area contributed by atoms with Crippen molar-refractivity contribution in [3.63, 3.8) is 0 Å². The molecule has 0 radical (unpaired) electrons. The molecule has 4 nitrogen and oxygen atoms in total. The number of hydrogen-bond donors (Lipinski definition) is 1. The number of benzene rings is 6. The van der Waals surface area contributed by atoms with Gasteiger partial charge in [0.2, 0.25) is 0 Å². The Morgan fingerprint density at radius 3 is 1.78 bits per heavy atom. The number of fused-ring (bicyclic) bond motifs is 3. The van der Waals surface area contributed by atoms with Crippen molar-refractivity contribution in [3.8, 4) is 45.2 Å². The molecule has 0 spiro atoms. The maximum atomic E-state index is 11.4. The topological polar surface area (TPSA) is 50.9 Å². The van der Waals surface area contributed by atoms with Crippen LogP contribution in [0, 0.1) is 0 Å². The molecule has 0 atom stereocenters. The zero-order chi connectivity index (χ0) is 38.2. The first kappa shape index (κ1) is 35.3. The van der Waals surface area contributed by atoms with Crippen LogP contribution in [0.5, 0.6) is 5.75 Å². The molecule has 0 amide bonds. The van der Waals surface area contributed by atoms with Gasteiger partial charge in [0, 0.05) is 28.4 Å². The van der Waals surface area contributed by atoms with Crippen LogP contribution in [-0.4, -0.2) is 19.6 Å². The second-order valence-corrected chi connectivity index (χ2v) is 17.9. The minimum atomic E-state index is -0.156. The van der Waals surface area contributed by atoms with Crippen LogP contribution in [0.25, 0.3) is 72.0 Å². The van der Waals surface area contributed by atoms with Crippen LogP contribution in [0.4, 0.5) is 0 Å². The number of aromatic hydroxyl groups is 1. The summed E-state index contributed by atoms with van der Waals surface area (Å²) in [6.45, 7) is 20.4. The summed E-state index contributed by atoms with van der Waals surface area (Å²) in [4.78, 5) is 10.5. The minimum absolute atomic E-state index is 0.0819. The first-order valence-corrected chi connectivity index (χ1v) is 19.0. The zero-order valence-electron chi connectivity index (χ0n) is 32.9. The highest BCUT2D eigenvalue weighted by Crippen LogP contribution is 2.43. The minimum Gasteiger partial charge on any atom is -0.507 e. The lowest BCUT2D eigenvalue weighted by atomic mass is 9.80. The molecular formula is C50H49N3O. The molecule has 54 heavy (non-hydrogen) atoms. The van der Waals surface area contributed by atoms with Crippen molar-refractivity contribution in [2.45, 2.75) is 78.6 Å². The highest BCUT2D eigenvalue weighted by molar-refractivity contribution is 6.04. The Labute approximate surface area is 319 Å². The molecule has 1 N–H and O–H groups in total. The molecule has 4 heteroatoms. The molecular weight excluding hydrogens is 659 g/mol. The molecule has 270 valence electrons. The van der Waals surface area contributed by atoms with E-state index >= 15 is 0 Å². The van der Waals surface area contributed by atoms with Gasteiger partial charge in [0.1, 0.15) is 11.6 Å². The normalized spacial score (nSPS) is 12.6. The number of aromatic nitrogens is 3. The number of phenols is 1. The smallest absolute Gasteiger partial charge is 0.149 e. The molecule has 0 fully saturated rings. The summed E-state index contributed by atoms with van der Waals surface area (Å²) in [6.07, 6.45) is 1.97. The number of para-hydroxylation sites is 1. The van der Waals surface area contributed by atoms with E-state index in [9.17, 15) is 5.11 Å². The van der Waals surface area contributed by atoms with Crippen LogP contribution in [0.3, 0.4) is 0 Å². The molecule has 0 saturated heterocycles. The zero-order valence-corrected chi connectivity index (χ0v) is 32.9. The third kappa shape index (κ3) is 6.34. The van der Waals surface area contributed by atoms with E-state index in [2.05, 4.69) is 164 Å². The van der Waals surface area contributed by atoms with Gasteiger partial charge in [-0.1, -0.05) is 129 Å². The second-order valence-electron chi connectivity index (χ2n) is 17.9. The Hall–Kier alpha value is -5.74. The SMILES string of the molecule is CC(C)(C)c1cc(-n2c(-c3ccccc3O)nc3c(-c4cc(-c5cc6ccccc6cn5)c5ccccc5c4)cc(C(C)(C)C)cc32)cc(C(C)(C)C)c1. The molecule has 0 aliphatic heterocycles. The predicted octanol–water partition coefficient (Wildman–Crippen LogP) is 13.3. The fourth-order valence-electron chi connectivity index (χ4n) is 7.45. The van der Waals surface area contributed by atoms with Crippen molar-refractivity contribution >= 4 is 32.6 Å². The lowest BCUT2D eigenvalue weighted by Gasteiger charge is -2.27. The Morgan fingerprint density at radius 1 is 0.519 bits per heavy atom. The third-order valence-corrected chi connectivity index (χ3v) is 10.8. The van der Waals surface area contributed by atoms with Gasteiger partial charge in [-0.15, -0.1) is 0 Å². The molecule has 0 bridgehead atoms. The van der Waals surface area contributed by atoms with Gasteiger partial charge in [0.05, 0.1) is 22.3 Å². The van der Waals surface area contributed by atoms with Gasteiger partial charge < -0.3 is 5.11 Å². The lowest BCUT2D eigenvalue weighted by Crippen LogP contribution is -2.17. The van der Waals surface area contributed by atoms with E-state index in [0.717, 1.165) is 60.6 Å². The molecule has 2 heterocycles. The quantitative estimate of drug-likeness (QED) is 0.198. The first-order valence-electron chi connectivity index (χ1n) is 19.0. The van der Waals surface area contributed by atoms with Crippen LogP contribution >= 0.6 is 0 Å². The van der Waals surface area contributed by atoms with Gasteiger partial charge in [-0.2, -0.15) is 0 Å². The van der Waals surface area contributed by atoms with Gasteiger partial charge in [0.15, 0.2) is 0 Å². The summed E-state index contributed by atoms with van der Waals surface area (Å²) in [5.41, 5.74) is 11.1. The number of imidazole rings is 1. The van der Waals surface area contributed by atoms with E-state index < -0.39 is 0 Å². The molecule has 0 aliphatic rings. The van der Waals surface area contributed by atoms with Gasteiger partial charge >= 0.3 is 0 Å². The number of rotatable bonds is 4. The maximum Gasteiger partial charge on any atom is 0.149 e. The average Bonchev–Trinajstić information content (AvgIpc) is 3.52. The van der Waals surface area contributed by atoms with Gasteiger partial charge in [-0.25, -0.2) is 4.98 Å². The first-order chi connectivity index (χ1) is 25.6.